The van der Waals surface area contributed by atoms with Crippen molar-refractivity contribution in [1.29, 1.82) is 0 Å². The normalized spacial score (nSPS) is 11.1. The highest BCUT2D eigenvalue weighted by Crippen LogP contribution is 2.31. The Hall–Kier alpha value is -4.25. The number of aromatic nitrogens is 1. The first-order chi connectivity index (χ1) is 17.2. The maximum absolute atomic E-state index is 11.3. The van der Waals surface area contributed by atoms with Gasteiger partial charge in [0.05, 0.1) is 6.61 Å². The van der Waals surface area contributed by atoms with Crippen LogP contribution in [0.15, 0.2) is 91.0 Å². The predicted molar refractivity (Wildman–Crippen MR) is 139 cm³/mol. The number of aromatic amines is 1. The molecule has 5 heteroatoms. The zero-order valence-corrected chi connectivity index (χ0v) is 19.4. The Morgan fingerprint density at radius 3 is 2.40 bits per heavy atom. The number of fused-ring (bicyclic) bond motifs is 2. The van der Waals surface area contributed by atoms with E-state index in [9.17, 15) is 9.90 Å². The van der Waals surface area contributed by atoms with Crippen molar-refractivity contribution >= 4 is 27.8 Å². The molecule has 5 aromatic rings. The third-order valence-corrected chi connectivity index (χ3v) is 6.24. The van der Waals surface area contributed by atoms with Crippen LogP contribution in [0.4, 0.5) is 4.79 Å². The lowest BCUT2D eigenvalue weighted by Crippen LogP contribution is -2.06. The number of benzene rings is 4. The molecule has 0 bridgehead atoms. The van der Waals surface area contributed by atoms with Crippen LogP contribution in [-0.2, 0) is 19.3 Å². The molecule has 0 saturated carbocycles. The molecule has 1 heterocycles. The van der Waals surface area contributed by atoms with Crippen LogP contribution < -0.4 is 9.47 Å². The molecule has 5 rings (SSSR count). The number of ether oxygens (including phenoxy) is 2. The summed E-state index contributed by atoms with van der Waals surface area (Å²) >= 11 is 0. The molecule has 0 fully saturated rings. The second-order valence-corrected chi connectivity index (χ2v) is 8.60. The number of carbonyl (C=O) groups is 1. The molecule has 0 unspecified atom stereocenters. The number of rotatable bonds is 9. The summed E-state index contributed by atoms with van der Waals surface area (Å²) in [6.45, 7) is 0.515. The van der Waals surface area contributed by atoms with Crippen LogP contribution in [0.2, 0.25) is 0 Å². The lowest BCUT2D eigenvalue weighted by molar-refractivity contribution is 0.142. The van der Waals surface area contributed by atoms with Gasteiger partial charge in [0.25, 0.3) is 0 Å². The van der Waals surface area contributed by atoms with E-state index in [-0.39, 0.29) is 5.88 Å². The van der Waals surface area contributed by atoms with Crippen LogP contribution >= 0.6 is 0 Å². The van der Waals surface area contributed by atoms with E-state index in [1.54, 1.807) is 0 Å². The summed E-state index contributed by atoms with van der Waals surface area (Å²) in [6.07, 6.45) is 1.89. The second kappa shape index (κ2) is 10.3. The minimum Gasteiger partial charge on any atom is -0.493 e. The Labute approximate surface area is 203 Å². The Bertz CT molecular complexity index is 1450. The Balaban J connectivity index is 1.32. The summed E-state index contributed by atoms with van der Waals surface area (Å²) in [7, 11) is 0. The van der Waals surface area contributed by atoms with Crippen LogP contribution in [0.3, 0.4) is 0 Å². The third-order valence-electron chi connectivity index (χ3n) is 6.24. The molecule has 35 heavy (non-hydrogen) atoms. The molecule has 0 aliphatic carbocycles. The van der Waals surface area contributed by atoms with Crippen molar-refractivity contribution in [3.8, 4) is 11.6 Å². The smallest absolute Gasteiger partial charge is 0.493 e. The first kappa shape index (κ1) is 22.5. The fraction of sp³-hybridized carbons (Fsp3) is 0.167. The van der Waals surface area contributed by atoms with Gasteiger partial charge in [-0.3, -0.25) is 0 Å². The minimum absolute atomic E-state index is 0.290. The van der Waals surface area contributed by atoms with E-state index >= 15 is 0 Å². The van der Waals surface area contributed by atoms with E-state index in [0.29, 0.717) is 13.0 Å². The van der Waals surface area contributed by atoms with E-state index in [0.717, 1.165) is 52.3 Å². The Kier molecular flexibility index (Phi) is 6.66. The standard InChI is InChI=1S/C30H27NO4/c32-30(33)35-29-25(13-7-19-34-28-14-6-11-23-10-4-5-12-24(23)28)26-20-22(17-18-27(26)31-29)16-15-21-8-2-1-3-9-21/h1-6,8-12,14,17-18,20,31H,7,13,15-16,19H2,(H,32,33). The van der Waals surface area contributed by atoms with Gasteiger partial charge >= 0.3 is 6.16 Å². The van der Waals surface area contributed by atoms with Crippen molar-refractivity contribution in [3.05, 3.63) is 108 Å². The van der Waals surface area contributed by atoms with Crippen molar-refractivity contribution in [1.82, 2.24) is 4.98 Å². The van der Waals surface area contributed by atoms with Crippen molar-refractivity contribution in [2.24, 2.45) is 0 Å². The van der Waals surface area contributed by atoms with E-state index < -0.39 is 6.16 Å². The summed E-state index contributed by atoms with van der Waals surface area (Å²) in [5, 5.41) is 12.5. The molecule has 4 aromatic carbocycles. The minimum atomic E-state index is -1.32. The summed E-state index contributed by atoms with van der Waals surface area (Å²) in [4.78, 5) is 14.4. The van der Waals surface area contributed by atoms with E-state index in [1.165, 1.54) is 11.1 Å². The van der Waals surface area contributed by atoms with E-state index in [4.69, 9.17) is 9.47 Å². The van der Waals surface area contributed by atoms with Gasteiger partial charge in [-0.2, -0.15) is 0 Å². The average Bonchev–Trinajstić information content (AvgIpc) is 3.21. The molecule has 176 valence electrons. The first-order valence-electron chi connectivity index (χ1n) is 11.9. The molecule has 0 radical (unpaired) electrons. The number of nitrogens with one attached hydrogen (secondary N) is 1. The van der Waals surface area contributed by atoms with Gasteiger partial charge in [0.1, 0.15) is 5.75 Å². The highest BCUT2D eigenvalue weighted by atomic mass is 16.7. The van der Waals surface area contributed by atoms with Gasteiger partial charge in [-0.25, -0.2) is 4.79 Å². The maximum Gasteiger partial charge on any atom is 0.512 e. The molecule has 0 saturated heterocycles. The largest absolute Gasteiger partial charge is 0.512 e. The van der Waals surface area contributed by atoms with Crippen LogP contribution in [0.1, 0.15) is 23.1 Å². The van der Waals surface area contributed by atoms with Gasteiger partial charge in [0, 0.05) is 21.9 Å². The second-order valence-electron chi connectivity index (χ2n) is 8.60. The molecular formula is C30H27NO4. The summed E-state index contributed by atoms with van der Waals surface area (Å²) < 4.78 is 11.2. The molecule has 5 nitrogen and oxygen atoms in total. The monoisotopic (exact) mass is 465 g/mol. The number of hydrogen-bond donors (Lipinski definition) is 2. The van der Waals surface area contributed by atoms with Gasteiger partial charge in [-0.05, 0) is 60.4 Å². The van der Waals surface area contributed by atoms with Gasteiger partial charge in [-0.15, -0.1) is 0 Å². The quantitative estimate of drug-likeness (QED) is 0.179. The van der Waals surface area contributed by atoms with Gasteiger partial charge < -0.3 is 19.6 Å². The molecular weight excluding hydrogens is 438 g/mol. The molecule has 0 aliphatic rings. The topological polar surface area (TPSA) is 71.5 Å². The fourth-order valence-corrected chi connectivity index (χ4v) is 4.53. The lowest BCUT2D eigenvalue weighted by Gasteiger charge is -2.10. The predicted octanol–water partition coefficient (Wildman–Crippen LogP) is 7.17. The molecule has 0 amide bonds. The average molecular weight is 466 g/mol. The lowest BCUT2D eigenvalue weighted by atomic mass is 10.0. The Morgan fingerprint density at radius 1 is 0.771 bits per heavy atom. The van der Waals surface area contributed by atoms with Crippen LogP contribution in [0, 0.1) is 0 Å². The van der Waals surface area contributed by atoms with Crippen LogP contribution in [-0.4, -0.2) is 22.9 Å². The van der Waals surface area contributed by atoms with Crippen molar-refractivity contribution < 1.29 is 19.4 Å². The van der Waals surface area contributed by atoms with E-state index in [1.807, 2.05) is 36.4 Å². The molecule has 2 N–H and O–H groups in total. The van der Waals surface area contributed by atoms with Crippen molar-refractivity contribution in [2.45, 2.75) is 25.7 Å². The summed E-state index contributed by atoms with van der Waals surface area (Å²) in [5.74, 6) is 1.14. The summed E-state index contributed by atoms with van der Waals surface area (Å²) in [6, 6.07) is 30.8. The molecule has 0 spiro atoms. The van der Waals surface area contributed by atoms with Crippen LogP contribution in [0.25, 0.3) is 21.7 Å². The first-order valence-corrected chi connectivity index (χ1v) is 11.9. The Morgan fingerprint density at radius 2 is 1.54 bits per heavy atom. The van der Waals surface area contributed by atoms with Crippen LogP contribution in [0.5, 0.6) is 11.6 Å². The zero-order valence-electron chi connectivity index (χ0n) is 19.4. The summed E-state index contributed by atoms with van der Waals surface area (Å²) in [5.41, 5.74) is 4.23. The highest BCUT2D eigenvalue weighted by Gasteiger charge is 2.16. The third kappa shape index (κ3) is 5.30. The highest BCUT2D eigenvalue weighted by molar-refractivity contribution is 5.88. The van der Waals surface area contributed by atoms with Crippen molar-refractivity contribution in [3.63, 3.8) is 0 Å². The SMILES string of the molecule is O=C(O)Oc1[nH]c2ccc(CCc3ccccc3)cc2c1CCCOc1cccc2ccccc12. The number of hydrogen-bond acceptors (Lipinski definition) is 3. The zero-order chi connectivity index (χ0) is 24.0. The van der Waals surface area contributed by atoms with Crippen molar-refractivity contribution in [2.75, 3.05) is 6.61 Å². The number of H-pyrrole nitrogens is 1. The van der Waals surface area contributed by atoms with Gasteiger partial charge in [-0.1, -0.05) is 72.8 Å². The molecule has 0 atom stereocenters. The van der Waals surface area contributed by atoms with E-state index in [2.05, 4.69) is 59.6 Å². The molecule has 1 aromatic heterocycles. The van der Waals surface area contributed by atoms with Gasteiger partial charge in [0.2, 0.25) is 5.88 Å². The number of aryl methyl sites for hydroxylation is 3. The molecule has 0 aliphatic heterocycles. The maximum atomic E-state index is 11.3. The fourth-order valence-electron chi connectivity index (χ4n) is 4.53. The van der Waals surface area contributed by atoms with Gasteiger partial charge in [0.15, 0.2) is 0 Å². The number of carboxylic acid groups (broad SMARTS) is 1.